The summed E-state index contributed by atoms with van der Waals surface area (Å²) in [6, 6.07) is 13.9. The minimum atomic E-state index is 0.488. The van der Waals surface area contributed by atoms with Crippen LogP contribution in [0.25, 0.3) is 22.1 Å². The monoisotopic (exact) mass is 345 g/mol. The summed E-state index contributed by atoms with van der Waals surface area (Å²) in [4.78, 5) is 14.9. The molecule has 132 valence electrons. The zero-order valence-electron chi connectivity index (χ0n) is 15.0. The highest BCUT2D eigenvalue weighted by Crippen LogP contribution is 2.32. The van der Waals surface area contributed by atoms with E-state index in [4.69, 9.17) is 0 Å². The first kappa shape index (κ1) is 15.6. The Balaban J connectivity index is 1.41. The number of aromatic amines is 1. The molecule has 5 rings (SSSR count). The topological polar surface area (TPSA) is 49.7 Å². The molecule has 0 aliphatic carbocycles. The van der Waals surface area contributed by atoms with Crippen molar-refractivity contribution in [2.24, 2.45) is 0 Å². The largest absolute Gasteiger partial charge is 0.346 e. The molecular formula is C21H23N5. The van der Waals surface area contributed by atoms with Gasteiger partial charge in [0, 0.05) is 36.8 Å². The molecule has 0 bridgehead atoms. The van der Waals surface area contributed by atoms with Gasteiger partial charge in [-0.25, -0.2) is 9.97 Å². The summed E-state index contributed by atoms with van der Waals surface area (Å²) in [5.74, 6) is 0. The molecule has 5 heteroatoms. The Morgan fingerprint density at radius 1 is 1.15 bits per heavy atom. The number of benzene rings is 1. The maximum atomic E-state index is 4.61. The van der Waals surface area contributed by atoms with Crippen molar-refractivity contribution in [1.29, 1.82) is 0 Å². The van der Waals surface area contributed by atoms with Crippen LogP contribution in [-0.4, -0.2) is 37.0 Å². The molecule has 4 aromatic rings. The van der Waals surface area contributed by atoms with Crippen LogP contribution in [0.15, 0.2) is 55.1 Å². The average Bonchev–Trinajstić information content (AvgIpc) is 3.30. The Labute approximate surface area is 152 Å². The van der Waals surface area contributed by atoms with Crippen LogP contribution in [0, 0.1) is 0 Å². The number of fused-ring (bicyclic) bond motifs is 3. The van der Waals surface area contributed by atoms with Gasteiger partial charge in [-0.1, -0.05) is 30.3 Å². The lowest BCUT2D eigenvalue weighted by Crippen LogP contribution is -2.40. The van der Waals surface area contributed by atoms with Gasteiger partial charge in [-0.15, -0.1) is 0 Å². The molecular weight excluding hydrogens is 322 g/mol. The van der Waals surface area contributed by atoms with E-state index in [-0.39, 0.29) is 0 Å². The van der Waals surface area contributed by atoms with E-state index in [1.807, 2.05) is 18.7 Å². The lowest BCUT2D eigenvalue weighted by molar-refractivity contribution is 0.120. The Morgan fingerprint density at radius 2 is 2.04 bits per heavy atom. The summed E-state index contributed by atoms with van der Waals surface area (Å²) in [6.45, 7) is 4.49. The number of likely N-dealkylation sites (tertiary alicyclic amines) is 1. The molecule has 1 aliphatic rings. The quantitative estimate of drug-likeness (QED) is 0.607. The zero-order valence-corrected chi connectivity index (χ0v) is 15.0. The lowest BCUT2D eigenvalue weighted by Gasteiger charge is -2.38. The van der Waals surface area contributed by atoms with E-state index in [2.05, 4.69) is 67.7 Å². The minimum Gasteiger partial charge on any atom is -0.346 e. The van der Waals surface area contributed by atoms with Crippen LogP contribution in [0.3, 0.4) is 0 Å². The van der Waals surface area contributed by atoms with Crippen LogP contribution < -0.4 is 0 Å². The first-order valence-electron chi connectivity index (χ1n) is 9.36. The van der Waals surface area contributed by atoms with Crippen molar-refractivity contribution < 1.29 is 0 Å². The summed E-state index contributed by atoms with van der Waals surface area (Å²) in [6.07, 6.45) is 8.13. The van der Waals surface area contributed by atoms with E-state index in [1.54, 1.807) is 0 Å². The average molecular weight is 345 g/mol. The van der Waals surface area contributed by atoms with Crippen molar-refractivity contribution in [1.82, 2.24) is 24.4 Å². The molecule has 5 nitrogen and oxygen atoms in total. The predicted octanol–water partition coefficient (Wildman–Crippen LogP) is 4.14. The van der Waals surface area contributed by atoms with E-state index in [1.165, 1.54) is 16.5 Å². The molecule has 4 heterocycles. The van der Waals surface area contributed by atoms with Gasteiger partial charge < -0.3 is 9.55 Å². The SMILES string of the molecule is C[C@@H]1C[C@@H](n2cnc3cnc4[nH]ccc4c32)CCN1Cc1ccccc1. The van der Waals surface area contributed by atoms with Gasteiger partial charge in [-0.3, -0.25) is 4.90 Å². The third-order valence-corrected chi connectivity index (χ3v) is 5.73. The molecule has 0 saturated carbocycles. The normalized spacial score (nSPS) is 21.6. The second-order valence-corrected chi connectivity index (χ2v) is 7.37. The highest BCUT2D eigenvalue weighted by molar-refractivity contribution is 6.00. The summed E-state index contributed by atoms with van der Waals surface area (Å²) in [7, 11) is 0. The molecule has 0 radical (unpaired) electrons. The van der Waals surface area contributed by atoms with Crippen molar-refractivity contribution in [3.8, 4) is 0 Å². The molecule has 0 spiro atoms. The second-order valence-electron chi connectivity index (χ2n) is 7.37. The third-order valence-electron chi connectivity index (χ3n) is 5.73. The summed E-state index contributed by atoms with van der Waals surface area (Å²) < 4.78 is 2.38. The number of rotatable bonds is 3. The molecule has 1 saturated heterocycles. The molecule has 1 N–H and O–H groups in total. The lowest BCUT2D eigenvalue weighted by atomic mass is 9.97. The summed E-state index contributed by atoms with van der Waals surface area (Å²) >= 11 is 0. The van der Waals surface area contributed by atoms with Crippen LogP contribution in [0.2, 0.25) is 0 Å². The number of hydrogen-bond donors (Lipinski definition) is 1. The Bertz CT molecular complexity index is 1030. The van der Waals surface area contributed by atoms with E-state index in [9.17, 15) is 0 Å². The van der Waals surface area contributed by atoms with Crippen LogP contribution in [0.4, 0.5) is 0 Å². The van der Waals surface area contributed by atoms with Gasteiger partial charge in [0.1, 0.15) is 11.2 Å². The van der Waals surface area contributed by atoms with E-state index < -0.39 is 0 Å². The molecule has 1 aliphatic heterocycles. The van der Waals surface area contributed by atoms with Crippen LogP contribution in [0.1, 0.15) is 31.4 Å². The number of hydrogen-bond acceptors (Lipinski definition) is 3. The number of piperidine rings is 1. The van der Waals surface area contributed by atoms with Crippen molar-refractivity contribution in [3.63, 3.8) is 0 Å². The molecule has 0 amide bonds. The highest BCUT2D eigenvalue weighted by atomic mass is 15.2. The third kappa shape index (κ3) is 2.59. The first-order valence-corrected chi connectivity index (χ1v) is 9.36. The molecule has 3 aromatic heterocycles. The van der Waals surface area contributed by atoms with Crippen LogP contribution in [-0.2, 0) is 6.54 Å². The number of aromatic nitrogens is 4. The highest BCUT2D eigenvalue weighted by Gasteiger charge is 2.27. The van der Waals surface area contributed by atoms with E-state index in [0.717, 1.165) is 37.1 Å². The van der Waals surface area contributed by atoms with Crippen molar-refractivity contribution in [3.05, 3.63) is 60.7 Å². The van der Waals surface area contributed by atoms with Gasteiger partial charge >= 0.3 is 0 Å². The van der Waals surface area contributed by atoms with Gasteiger partial charge in [0.25, 0.3) is 0 Å². The molecule has 0 unspecified atom stereocenters. The maximum Gasteiger partial charge on any atom is 0.139 e. The number of pyridine rings is 1. The van der Waals surface area contributed by atoms with Gasteiger partial charge in [-0.05, 0) is 31.4 Å². The van der Waals surface area contributed by atoms with E-state index >= 15 is 0 Å². The van der Waals surface area contributed by atoms with Crippen molar-refractivity contribution in [2.75, 3.05) is 6.54 Å². The second kappa shape index (κ2) is 6.25. The summed E-state index contributed by atoms with van der Waals surface area (Å²) in [5.41, 5.74) is 4.53. The van der Waals surface area contributed by atoms with Crippen molar-refractivity contribution in [2.45, 2.75) is 38.4 Å². The number of H-pyrrole nitrogens is 1. The van der Waals surface area contributed by atoms with Gasteiger partial charge in [0.2, 0.25) is 0 Å². The Kier molecular flexibility index (Phi) is 3.75. The smallest absolute Gasteiger partial charge is 0.139 e. The minimum absolute atomic E-state index is 0.488. The fraction of sp³-hybridized carbons (Fsp3) is 0.333. The first-order chi connectivity index (χ1) is 12.8. The van der Waals surface area contributed by atoms with Gasteiger partial charge in [0.15, 0.2) is 0 Å². The molecule has 2 atom stereocenters. The van der Waals surface area contributed by atoms with Gasteiger partial charge in [0.05, 0.1) is 18.0 Å². The molecule has 1 aromatic carbocycles. The van der Waals surface area contributed by atoms with Crippen LogP contribution >= 0.6 is 0 Å². The van der Waals surface area contributed by atoms with Crippen molar-refractivity contribution >= 4 is 22.1 Å². The van der Waals surface area contributed by atoms with E-state index in [0.29, 0.717) is 12.1 Å². The molecule has 1 fully saturated rings. The zero-order chi connectivity index (χ0) is 17.5. The van der Waals surface area contributed by atoms with Gasteiger partial charge in [-0.2, -0.15) is 0 Å². The molecule has 26 heavy (non-hydrogen) atoms. The maximum absolute atomic E-state index is 4.61. The fourth-order valence-corrected chi connectivity index (χ4v) is 4.31. The predicted molar refractivity (Wildman–Crippen MR) is 104 cm³/mol. The number of nitrogens with zero attached hydrogens (tertiary/aromatic N) is 4. The Hall–Kier alpha value is -2.66. The summed E-state index contributed by atoms with van der Waals surface area (Å²) in [5, 5.41) is 1.17. The fourth-order valence-electron chi connectivity index (χ4n) is 4.31. The number of nitrogens with one attached hydrogen (secondary N) is 1. The number of imidazole rings is 1. The van der Waals surface area contributed by atoms with Crippen LogP contribution in [0.5, 0.6) is 0 Å². The standard InChI is InChI=1S/C21H23N5/c1-15-11-17(8-10-25(15)13-16-5-3-2-4-6-16)26-14-24-19-12-23-21-18(20(19)26)7-9-22-21/h2-7,9,12,14-15,17H,8,10-11,13H2,1H3,(H,22,23)/t15-,17+/m1/s1. The Morgan fingerprint density at radius 3 is 2.88 bits per heavy atom.